The second-order valence-corrected chi connectivity index (χ2v) is 5.69. The number of nitrogens with zero attached hydrogens (tertiary/aromatic N) is 2. The number of hydrazone groups is 1. The molecule has 1 aromatic heterocycles. The molecule has 0 saturated carbocycles. The van der Waals surface area contributed by atoms with E-state index >= 15 is 0 Å². The van der Waals surface area contributed by atoms with Crippen molar-refractivity contribution in [1.29, 1.82) is 0 Å². The summed E-state index contributed by atoms with van der Waals surface area (Å²) in [6.45, 7) is 0. The van der Waals surface area contributed by atoms with Crippen molar-refractivity contribution in [3.8, 4) is 28.5 Å². The standard InChI is InChI=1S/C20H20N4O4/c1-26-15-7-4-13(5-8-15)17-11-19(25)23-20(22-17)24-21-12-14-6-9-16(27-2)10-18(14)28-3/h4-12H,1-3H3,(H2,22,23,24,25)/b21-12-. The number of anilines is 1. The van der Waals surface area contributed by atoms with E-state index in [1.165, 1.54) is 6.07 Å². The molecule has 0 spiro atoms. The van der Waals surface area contributed by atoms with E-state index in [0.29, 0.717) is 17.2 Å². The summed E-state index contributed by atoms with van der Waals surface area (Å²) >= 11 is 0. The van der Waals surface area contributed by atoms with Crippen molar-refractivity contribution < 1.29 is 14.2 Å². The SMILES string of the molecule is COc1ccc(-c2cc(=O)[nH]c(N/N=C\c3ccc(OC)cc3OC)n2)cc1. The van der Waals surface area contributed by atoms with Gasteiger partial charge in [0.25, 0.3) is 5.56 Å². The highest BCUT2D eigenvalue weighted by Gasteiger charge is 2.05. The number of ether oxygens (including phenoxy) is 3. The van der Waals surface area contributed by atoms with E-state index in [4.69, 9.17) is 14.2 Å². The van der Waals surface area contributed by atoms with Gasteiger partial charge in [0.05, 0.1) is 33.2 Å². The quantitative estimate of drug-likeness (QED) is 0.483. The maximum absolute atomic E-state index is 12.0. The van der Waals surface area contributed by atoms with Gasteiger partial charge in [-0.15, -0.1) is 0 Å². The zero-order chi connectivity index (χ0) is 19.9. The van der Waals surface area contributed by atoms with Gasteiger partial charge in [0, 0.05) is 23.3 Å². The highest BCUT2D eigenvalue weighted by atomic mass is 16.5. The number of methoxy groups -OCH3 is 3. The molecule has 0 fully saturated rings. The molecule has 3 aromatic rings. The highest BCUT2D eigenvalue weighted by Crippen LogP contribution is 2.23. The van der Waals surface area contributed by atoms with Crippen molar-refractivity contribution in [3.63, 3.8) is 0 Å². The summed E-state index contributed by atoms with van der Waals surface area (Å²) in [6, 6.07) is 14.1. The van der Waals surface area contributed by atoms with Crippen LogP contribution in [0.2, 0.25) is 0 Å². The minimum Gasteiger partial charge on any atom is -0.497 e. The lowest BCUT2D eigenvalue weighted by molar-refractivity contribution is 0.394. The fourth-order valence-electron chi connectivity index (χ4n) is 2.51. The Morgan fingerprint density at radius 1 is 0.964 bits per heavy atom. The number of hydrogen-bond donors (Lipinski definition) is 2. The lowest BCUT2D eigenvalue weighted by Gasteiger charge is -2.07. The van der Waals surface area contributed by atoms with Crippen molar-refractivity contribution in [1.82, 2.24) is 9.97 Å². The van der Waals surface area contributed by atoms with E-state index in [1.807, 2.05) is 18.2 Å². The van der Waals surface area contributed by atoms with E-state index in [0.717, 1.165) is 16.9 Å². The van der Waals surface area contributed by atoms with Crippen molar-refractivity contribution in [3.05, 3.63) is 64.4 Å². The number of rotatable bonds is 7. The number of aromatic amines is 1. The number of hydrogen-bond acceptors (Lipinski definition) is 7. The summed E-state index contributed by atoms with van der Waals surface area (Å²) in [5, 5.41) is 4.13. The largest absolute Gasteiger partial charge is 0.497 e. The van der Waals surface area contributed by atoms with Gasteiger partial charge in [-0.05, 0) is 36.4 Å². The van der Waals surface area contributed by atoms with Gasteiger partial charge in [-0.25, -0.2) is 10.4 Å². The Balaban J connectivity index is 1.80. The molecule has 0 aliphatic rings. The van der Waals surface area contributed by atoms with Crippen LogP contribution in [0.25, 0.3) is 11.3 Å². The van der Waals surface area contributed by atoms with Crippen LogP contribution in [0.1, 0.15) is 5.56 Å². The number of nitrogens with one attached hydrogen (secondary N) is 2. The molecule has 8 heteroatoms. The second kappa shape index (κ2) is 8.72. The summed E-state index contributed by atoms with van der Waals surface area (Å²) in [5.41, 5.74) is 4.49. The van der Waals surface area contributed by atoms with Crippen LogP contribution in [-0.2, 0) is 0 Å². The van der Waals surface area contributed by atoms with Crippen molar-refractivity contribution in [2.75, 3.05) is 26.8 Å². The summed E-state index contributed by atoms with van der Waals surface area (Å²) < 4.78 is 15.6. The molecule has 144 valence electrons. The maximum atomic E-state index is 12.0. The van der Waals surface area contributed by atoms with E-state index in [-0.39, 0.29) is 11.5 Å². The minimum atomic E-state index is -0.291. The van der Waals surface area contributed by atoms with Crippen molar-refractivity contribution >= 4 is 12.2 Å². The lowest BCUT2D eigenvalue weighted by atomic mass is 10.1. The summed E-state index contributed by atoms with van der Waals surface area (Å²) in [6.07, 6.45) is 1.57. The van der Waals surface area contributed by atoms with E-state index < -0.39 is 0 Å². The smallest absolute Gasteiger partial charge is 0.252 e. The fraction of sp³-hybridized carbons (Fsp3) is 0.150. The van der Waals surface area contributed by atoms with Gasteiger partial charge < -0.3 is 14.2 Å². The molecule has 2 N–H and O–H groups in total. The predicted molar refractivity (Wildman–Crippen MR) is 108 cm³/mol. The Hall–Kier alpha value is -3.81. The van der Waals surface area contributed by atoms with Gasteiger partial charge in [-0.2, -0.15) is 5.10 Å². The normalized spacial score (nSPS) is 10.7. The third-order valence-electron chi connectivity index (χ3n) is 3.94. The van der Waals surface area contributed by atoms with Crippen LogP contribution in [0.5, 0.6) is 17.2 Å². The van der Waals surface area contributed by atoms with Gasteiger partial charge in [0.15, 0.2) is 0 Å². The molecular formula is C20H20N4O4. The average Bonchev–Trinajstić information content (AvgIpc) is 2.73. The maximum Gasteiger partial charge on any atom is 0.252 e. The first kappa shape index (κ1) is 19.0. The predicted octanol–water partition coefficient (Wildman–Crippen LogP) is 2.91. The molecule has 0 aliphatic carbocycles. The molecule has 0 saturated heterocycles. The second-order valence-electron chi connectivity index (χ2n) is 5.69. The zero-order valence-electron chi connectivity index (χ0n) is 15.7. The van der Waals surface area contributed by atoms with Crippen LogP contribution in [0.3, 0.4) is 0 Å². The highest BCUT2D eigenvalue weighted by molar-refractivity contribution is 5.84. The topological polar surface area (TPSA) is 97.8 Å². The first-order valence-corrected chi connectivity index (χ1v) is 8.40. The first-order valence-electron chi connectivity index (χ1n) is 8.40. The van der Waals surface area contributed by atoms with Crippen LogP contribution in [-0.4, -0.2) is 37.5 Å². The van der Waals surface area contributed by atoms with Crippen LogP contribution < -0.4 is 25.2 Å². The summed E-state index contributed by atoms with van der Waals surface area (Å²) in [4.78, 5) is 19.0. The average molecular weight is 380 g/mol. The number of aromatic nitrogens is 2. The molecule has 3 rings (SSSR count). The third kappa shape index (κ3) is 4.47. The third-order valence-corrected chi connectivity index (χ3v) is 3.94. The molecule has 0 amide bonds. The Morgan fingerprint density at radius 3 is 2.36 bits per heavy atom. The zero-order valence-corrected chi connectivity index (χ0v) is 15.7. The summed E-state index contributed by atoms with van der Waals surface area (Å²) in [7, 11) is 4.75. The molecule has 1 heterocycles. The van der Waals surface area contributed by atoms with Crippen LogP contribution in [0, 0.1) is 0 Å². The van der Waals surface area contributed by atoms with Gasteiger partial charge in [-0.3, -0.25) is 9.78 Å². The van der Waals surface area contributed by atoms with Crippen LogP contribution in [0.4, 0.5) is 5.95 Å². The van der Waals surface area contributed by atoms with Crippen molar-refractivity contribution in [2.45, 2.75) is 0 Å². The number of benzene rings is 2. The molecular weight excluding hydrogens is 360 g/mol. The van der Waals surface area contributed by atoms with Crippen LogP contribution >= 0.6 is 0 Å². The molecule has 0 radical (unpaired) electrons. The Morgan fingerprint density at radius 2 is 1.68 bits per heavy atom. The molecule has 8 nitrogen and oxygen atoms in total. The van der Waals surface area contributed by atoms with Gasteiger partial charge in [0.1, 0.15) is 17.2 Å². The lowest BCUT2D eigenvalue weighted by Crippen LogP contribution is -2.10. The molecule has 2 aromatic carbocycles. The van der Waals surface area contributed by atoms with Crippen LogP contribution in [0.15, 0.2) is 58.4 Å². The molecule has 0 atom stereocenters. The minimum absolute atomic E-state index is 0.224. The monoisotopic (exact) mass is 380 g/mol. The van der Waals surface area contributed by atoms with Crippen molar-refractivity contribution in [2.24, 2.45) is 5.10 Å². The fourth-order valence-corrected chi connectivity index (χ4v) is 2.51. The Kier molecular flexibility index (Phi) is 5.91. The Bertz CT molecular complexity index is 1030. The van der Waals surface area contributed by atoms with E-state index in [1.54, 1.807) is 51.8 Å². The summed E-state index contributed by atoms with van der Waals surface area (Å²) in [5.74, 6) is 2.24. The van der Waals surface area contributed by atoms with Gasteiger partial charge in [0.2, 0.25) is 5.95 Å². The first-order chi connectivity index (χ1) is 13.6. The number of H-pyrrole nitrogens is 1. The van der Waals surface area contributed by atoms with E-state index in [2.05, 4.69) is 20.5 Å². The van der Waals surface area contributed by atoms with Gasteiger partial charge >= 0.3 is 0 Å². The molecule has 0 unspecified atom stereocenters. The van der Waals surface area contributed by atoms with Gasteiger partial charge in [-0.1, -0.05) is 0 Å². The van der Waals surface area contributed by atoms with E-state index in [9.17, 15) is 4.79 Å². The molecule has 0 bridgehead atoms. The molecule has 28 heavy (non-hydrogen) atoms. The Labute approximate surface area is 161 Å². The molecule has 0 aliphatic heterocycles.